The number of benzene rings is 1. The molecule has 1 aromatic carbocycles. The van der Waals surface area contributed by atoms with E-state index in [1.165, 1.54) is 4.80 Å². The number of hydrogen-bond acceptors (Lipinski definition) is 7. The Balaban J connectivity index is 1.91. The average molecular weight is 367 g/mol. The fourth-order valence-electron chi connectivity index (χ4n) is 2.36. The number of ether oxygens (including phenoxy) is 1. The van der Waals surface area contributed by atoms with Gasteiger partial charge in [-0.3, -0.25) is 5.32 Å². The molecule has 3 aromatic rings. The highest BCUT2D eigenvalue weighted by atomic mass is 16.6. The van der Waals surface area contributed by atoms with Crippen LogP contribution in [-0.2, 0) is 18.2 Å². The highest BCUT2D eigenvalue weighted by Gasteiger charge is 2.19. The van der Waals surface area contributed by atoms with Crippen LogP contribution in [0.15, 0.2) is 36.5 Å². The second kappa shape index (κ2) is 7.48. The van der Waals surface area contributed by atoms with E-state index in [4.69, 9.17) is 4.74 Å². The van der Waals surface area contributed by atoms with Crippen molar-refractivity contribution < 1.29 is 9.53 Å². The van der Waals surface area contributed by atoms with E-state index in [0.29, 0.717) is 29.5 Å². The normalized spacial score (nSPS) is 11.3. The number of aromatic nitrogens is 6. The lowest BCUT2D eigenvalue weighted by molar-refractivity contribution is 0.0636. The molecule has 0 saturated heterocycles. The van der Waals surface area contributed by atoms with E-state index in [0.717, 1.165) is 5.56 Å². The molecular formula is C18H21N7O2. The molecule has 0 aliphatic carbocycles. The molecule has 140 valence electrons. The van der Waals surface area contributed by atoms with Crippen molar-refractivity contribution in [3.63, 3.8) is 0 Å². The van der Waals surface area contributed by atoms with Crippen LogP contribution in [0.4, 0.5) is 10.5 Å². The summed E-state index contributed by atoms with van der Waals surface area (Å²) in [7, 11) is 1.70. The van der Waals surface area contributed by atoms with Gasteiger partial charge < -0.3 is 4.74 Å². The van der Waals surface area contributed by atoms with E-state index in [9.17, 15) is 4.79 Å². The van der Waals surface area contributed by atoms with Gasteiger partial charge in [0.1, 0.15) is 11.4 Å². The Morgan fingerprint density at radius 2 is 1.93 bits per heavy atom. The van der Waals surface area contributed by atoms with Crippen molar-refractivity contribution in [2.45, 2.75) is 32.8 Å². The first-order valence-corrected chi connectivity index (χ1v) is 8.44. The predicted molar refractivity (Wildman–Crippen MR) is 98.9 cm³/mol. The fourth-order valence-corrected chi connectivity index (χ4v) is 2.36. The zero-order valence-corrected chi connectivity index (χ0v) is 15.7. The van der Waals surface area contributed by atoms with Gasteiger partial charge in [-0.15, -0.1) is 10.2 Å². The maximum absolute atomic E-state index is 12.2. The lowest BCUT2D eigenvalue weighted by Crippen LogP contribution is -2.27. The minimum atomic E-state index is -0.602. The van der Waals surface area contributed by atoms with Crippen molar-refractivity contribution in [2.75, 3.05) is 5.32 Å². The van der Waals surface area contributed by atoms with Crippen molar-refractivity contribution in [3.05, 3.63) is 48.2 Å². The van der Waals surface area contributed by atoms with Gasteiger partial charge in [0.15, 0.2) is 5.82 Å². The van der Waals surface area contributed by atoms with Crippen LogP contribution >= 0.6 is 0 Å². The summed E-state index contributed by atoms with van der Waals surface area (Å²) < 4.78 is 5.32. The molecule has 0 radical (unpaired) electrons. The quantitative estimate of drug-likeness (QED) is 0.755. The van der Waals surface area contributed by atoms with E-state index in [2.05, 4.69) is 30.7 Å². The molecule has 27 heavy (non-hydrogen) atoms. The largest absolute Gasteiger partial charge is 0.444 e. The fraction of sp³-hybridized carbons (Fsp3) is 0.333. The Labute approximate surface area is 156 Å². The number of anilines is 1. The zero-order valence-electron chi connectivity index (χ0n) is 15.7. The third-order valence-electron chi connectivity index (χ3n) is 3.39. The standard InChI is InChI=1S/C18H21N7O2/c1-18(2,3)27-17(26)20-13-11-19-14(10-15-22-24-25(4)23-15)21-16(13)12-8-6-5-7-9-12/h5-9,11H,10H2,1-4H3,(H,20,26). The van der Waals surface area contributed by atoms with Crippen LogP contribution in [0.25, 0.3) is 11.3 Å². The number of rotatable bonds is 4. The lowest BCUT2D eigenvalue weighted by atomic mass is 10.1. The monoisotopic (exact) mass is 367 g/mol. The molecule has 0 aliphatic rings. The van der Waals surface area contributed by atoms with Gasteiger partial charge in [-0.25, -0.2) is 14.8 Å². The van der Waals surface area contributed by atoms with Crippen molar-refractivity contribution in [3.8, 4) is 11.3 Å². The molecule has 2 heterocycles. The summed E-state index contributed by atoms with van der Waals surface area (Å²) in [5.41, 5.74) is 1.30. The molecule has 0 bridgehead atoms. The van der Waals surface area contributed by atoms with Crippen LogP contribution in [0.2, 0.25) is 0 Å². The molecular weight excluding hydrogens is 346 g/mol. The Hall–Kier alpha value is -3.36. The van der Waals surface area contributed by atoms with Crippen LogP contribution in [0, 0.1) is 0 Å². The summed E-state index contributed by atoms with van der Waals surface area (Å²) in [4.78, 5) is 22.5. The third-order valence-corrected chi connectivity index (χ3v) is 3.39. The first-order valence-electron chi connectivity index (χ1n) is 8.44. The molecule has 3 rings (SSSR count). The summed E-state index contributed by atoms with van der Waals surface area (Å²) in [6.07, 6.45) is 1.33. The summed E-state index contributed by atoms with van der Waals surface area (Å²) >= 11 is 0. The van der Waals surface area contributed by atoms with Crippen LogP contribution in [-0.4, -0.2) is 41.9 Å². The minimum absolute atomic E-state index is 0.334. The first-order chi connectivity index (χ1) is 12.8. The molecule has 0 saturated carbocycles. The second-order valence-corrected chi connectivity index (χ2v) is 6.91. The van der Waals surface area contributed by atoms with Gasteiger partial charge in [0.2, 0.25) is 0 Å². The van der Waals surface area contributed by atoms with Gasteiger partial charge in [-0.1, -0.05) is 30.3 Å². The Morgan fingerprint density at radius 1 is 1.19 bits per heavy atom. The molecule has 9 nitrogen and oxygen atoms in total. The first kappa shape index (κ1) is 18.4. The number of nitrogens with zero attached hydrogens (tertiary/aromatic N) is 6. The van der Waals surface area contributed by atoms with Gasteiger partial charge in [0.05, 0.1) is 31.0 Å². The summed E-state index contributed by atoms with van der Waals surface area (Å²) in [6.45, 7) is 5.41. The number of carbonyl (C=O) groups excluding carboxylic acids is 1. The molecule has 2 aromatic heterocycles. The number of hydrogen-bond donors (Lipinski definition) is 1. The van der Waals surface area contributed by atoms with E-state index in [1.807, 2.05) is 30.3 Å². The molecule has 0 spiro atoms. The molecule has 0 aliphatic heterocycles. The average Bonchev–Trinajstić information content (AvgIpc) is 3.00. The minimum Gasteiger partial charge on any atom is -0.444 e. The molecule has 1 amide bonds. The number of nitrogens with one attached hydrogen (secondary N) is 1. The lowest BCUT2D eigenvalue weighted by Gasteiger charge is -2.20. The second-order valence-electron chi connectivity index (χ2n) is 6.91. The third kappa shape index (κ3) is 5.06. The van der Waals surface area contributed by atoms with E-state index >= 15 is 0 Å². The Bertz CT molecular complexity index is 932. The Morgan fingerprint density at radius 3 is 2.56 bits per heavy atom. The summed E-state index contributed by atoms with van der Waals surface area (Å²) in [5.74, 6) is 1.04. The van der Waals surface area contributed by atoms with Gasteiger partial charge >= 0.3 is 6.09 Å². The zero-order chi connectivity index (χ0) is 19.4. The number of tetrazole rings is 1. The number of aryl methyl sites for hydroxylation is 1. The summed E-state index contributed by atoms with van der Waals surface area (Å²) in [5, 5.41) is 14.6. The van der Waals surface area contributed by atoms with Crippen molar-refractivity contribution in [2.24, 2.45) is 7.05 Å². The molecule has 0 unspecified atom stereocenters. The summed E-state index contributed by atoms with van der Waals surface area (Å²) in [6, 6.07) is 9.53. The molecule has 9 heteroatoms. The maximum Gasteiger partial charge on any atom is 0.412 e. The van der Waals surface area contributed by atoms with Crippen molar-refractivity contribution >= 4 is 11.8 Å². The van der Waals surface area contributed by atoms with Crippen LogP contribution in [0.5, 0.6) is 0 Å². The smallest absolute Gasteiger partial charge is 0.412 e. The van der Waals surface area contributed by atoms with Crippen LogP contribution in [0.1, 0.15) is 32.4 Å². The number of carbonyl (C=O) groups is 1. The molecule has 0 fully saturated rings. The molecule has 0 atom stereocenters. The van der Waals surface area contributed by atoms with Gasteiger partial charge in [-0.2, -0.15) is 4.80 Å². The van der Waals surface area contributed by atoms with Crippen molar-refractivity contribution in [1.82, 2.24) is 30.2 Å². The van der Waals surface area contributed by atoms with E-state index in [1.54, 1.807) is 34.0 Å². The van der Waals surface area contributed by atoms with Crippen LogP contribution in [0.3, 0.4) is 0 Å². The van der Waals surface area contributed by atoms with Crippen molar-refractivity contribution in [1.29, 1.82) is 0 Å². The van der Waals surface area contributed by atoms with Crippen LogP contribution < -0.4 is 5.32 Å². The van der Waals surface area contributed by atoms with Gasteiger partial charge in [0, 0.05) is 5.56 Å². The Kier molecular flexibility index (Phi) is 5.11. The SMILES string of the molecule is Cn1nnc(Cc2ncc(NC(=O)OC(C)(C)C)c(-c3ccccc3)n2)n1. The maximum atomic E-state index is 12.2. The number of amides is 1. The van der Waals surface area contributed by atoms with Gasteiger partial charge in [0.25, 0.3) is 0 Å². The van der Waals surface area contributed by atoms with Gasteiger partial charge in [-0.05, 0) is 26.0 Å². The van der Waals surface area contributed by atoms with E-state index in [-0.39, 0.29) is 0 Å². The highest BCUT2D eigenvalue weighted by Crippen LogP contribution is 2.26. The van der Waals surface area contributed by atoms with E-state index < -0.39 is 11.7 Å². The predicted octanol–water partition coefficient (Wildman–Crippen LogP) is 2.60. The molecule has 1 N–H and O–H groups in total. The highest BCUT2D eigenvalue weighted by molar-refractivity contribution is 5.90. The topological polar surface area (TPSA) is 108 Å².